The van der Waals surface area contributed by atoms with Crippen molar-refractivity contribution in [2.45, 2.75) is 44.2 Å². The molecule has 0 saturated carbocycles. The van der Waals surface area contributed by atoms with E-state index >= 15 is 0 Å². The van der Waals surface area contributed by atoms with Gasteiger partial charge in [0.1, 0.15) is 11.6 Å². The van der Waals surface area contributed by atoms with Crippen LogP contribution in [0.25, 0.3) is 0 Å². The van der Waals surface area contributed by atoms with Gasteiger partial charge in [-0.05, 0) is 19.8 Å². The fourth-order valence-corrected chi connectivity index (χ4v) is 2.65. The predicted molar refractivity (Wildman–Crippen MR) is 59.1 cm³/mol. The smallest absolute Gasteiger partial charge is 0.142 e. The van der Waals surface area contributed by atoms with Crippen molar-refractivity contribution in [2.24, 2.45) is 5.73 Å². The second-order valence-electron chi connectivity index (χ2n) is 5.09. The van der Waals surface area contributed by atoms with Gasteiger partial charge in [0.25, 0.3) is 0 Å². The molecule has 0 bridgehead atoms. The summed E-state index contributed by atoms with van der Waals surface area (Å²) >= 11 is 0. The van der Waals surface area contributed by atoms with Gasteiger partial charge in [0, 0.05) is 19.0 Å². The molecule has 3 heterocycles. The van der Waals surface area contributed by atoms with Crippen molar-refractivity contribution in [2.75, 3.05) is 13.2 Å². The Morgan fingerprint density at radius 1 is 1.44 bits per heavy atom. The monoisotopic (exact) mass is 222 g/mol. The molecule has 2 N–H and O–H groups in total. The molecule has 0 aliphatic carbocycles. The molecule has 0 amide bonds. The minimum Gasteiger partial charge on any atom is -0.379 e. The third-order valence-electron chi connectivity index (χ3n) is 3.89. The van der Waals surface area contributed by atoms with E-state index in [1.165, 1.54) is 12.8 Å². The molecule has 5 heteroatoms. The molecule has 1 aromatic rings. The Bertz CT molecular complexity index is 403. The van der Waals surface area contributed by atoms with Crippen LogP contribution >= 0.6 is 0 Å². The minimum atomic E-state index is -0.164. The number of nitrogens with two attached hydrogens (primary N) is 1. The van der Waals surface area contributed by atoms with Gasteiger partial charge in [0.15, 0.2) is 0 Å². The van der Waals surface area contributed by atoms with E-state index in [2.05, 4.69) is 21.7 Å². The summed E-state index contributed by atoms with van der Waals surface area (Å²) in [5.41, 5.74) is 5.97. The second kappa shape index (κ2) is 3.53. The molecule has 2 atom stereocenters. The molecule has 2 aliphatic rings. The first kappa shape index (κ1) is 10.2. The Balaban J connectivity index is 2.03. The molecular formula is C11H18N4O. The first-order chi connectivity index (χ1) is 7.72. The van der Waals surface area contributed by atoms with E-state index in [1.807, 2.05) is 0 Å². The Morgan fingerprint density at radius 3 is 3.06 bits per heavy atom. The van der Waals surface area contributed by atoms with Gasteiger partial charge in [-0.1, -0.05) is 0 Å². The van der Waals surface area contributed by atoms with Crippen molar-refractivity contribution >= 4 is 0 Å². The molecule has 88 valence electrons. The van der Waals surface area contributed by atoms with Crippen LogP contribution < -0.4 is 5.73 Å². The Labute approximate surface area is 95.0 Å². The van der Waals surface area contributed by atoms with Gasteiger partial charge >= 0.3 is 0 Å². The summed E-state index contributed by atoms with van der Waals surface area (Å²) in [5, 5.41) is 8.64. The fourth-order valence-electron chi connectivity index (χ4n) is 2.65. The number of ether oxygens (including phenoxy) is 1. The van der Waals surface area contributed by atoms with Crippen LogP contribution in [0.3, 0.4) is 0 Å². The van der Waals surface area contributed by atoms with Crippen molar-refractivity contribution < 1.29 is 4.74 Å². The van der Waals surface area contributed by atoms with E-state index in [4.69, 9.17) is 10.5 Å². The van der Waals surface area contributed by atoms with Crippen molar-refractivity contribution in [1.82, 2.24) is 14.8 Å². The highest BCUT2D eigenvalue weighted by Gasteiger charge is 2.43. The number of nitrogens with zero attached hydrogens (tertiary/aromatic N) is 3. The lowest BCUT2D eigenvalue weighted by Crippen LogP contribution is -2.44. The lowest BCUT2D eigenvalue weighted by molar-refractivity contribution is 0.177. The molecule has 0 radical (unpaired) electrons. The van der Waals surface area contributed by atoms with Crippen LogP contribution in [-0.2, 0) is 23.1 Å². The highest BCUT2D eigenvalue weighted by atomic mass is 16.5. The van der Waals surface area contributed by atoms with Gasteiger partial charge in [0.05, 0.1) is 18.6 Å². The van der Waals surface area contributed by atoms with E-state index in [9.17, 15) is 0 Å². The van der Waals surface area contributed by atoms with E-state index in [0.29, 0.717) is 13.2 Å². The molecule has 3 rings (SSSR count). The van der Waals surface area contributed by atoms with Gasteiger partial charge in [-0.3, -0.25) is 0 Å². The van der Waals surface area contributed by atoms with Crippen molar-refractivity contribution in [3.63, 3.8) is 0 Å². The SMILES string of the molecule is CC1(c2nnc3n2CCCC3)COCC1N. The summed E-state index contributed by atoms with van der Waals surface area (Å²) in [4.78, 5) is 0. The Hall–Kier alpha value is -0.940. The molecule has 16 heavy (non-hydrogen) atoms. The second-order valence-corrected chi connectivity index (χ2v) is 5.09. The Kier molecular flexibility index (Phi) is 2.26. The topological polar surface area (TPSA) is 66.0 Å². The van der Waals surface area contributed by atoms with Crippen molar-refractivity contribution in [1.29, 1.82) is 0 Å². The molecule has 1 aromatic heterocycles. The molecule has 2 unspecified atom stereocenters. The highest BCUT2D eigenvalue weighted by Crippen LogP contribution is 2.32. The summed E-state index contributed by atoms with van der Waals surface area (Å²) in [5.74, 6) is 2.13. The lowest BCUT2D eigenvalue weighted by Gasteiger charge is -2.27. The molecular weight excluding hydrogens is 204 g/mol. The Morgan fingerprint density at radius 2 is 2.31 bits per heavy atom. The summed E-state index contributed by atoms with van der Waals surface area (Å²) in [7, 11) is 0. The first-order valence-electron chi connectivity index (χ1n) is 5.98. The molecule has 5 nitrogen and oxygen atoms in total. The maximum absolute atomic E-state index is 6.13. The third kappa shape index (κ3) is 1.31. The maximum atomic E-state index is 6.13. The van der Waals surface area contributed by atoms with E-state index in [-0.39, 0.29) is 11.5 Å². The molecule has 0 aromatic carbocycles. The molecule has 0 spiro atoms. The van der Waals surface area contributed by atoms with E-state index in [1.54, 1.807) is 0 Å². The lowest BCUT2D eigenvalue weighted by atomic mass is 9.84. The zero-order chi connectivity index (χ0) is 11.2. The predicted octanol–water partition coefficient (Wildman–Crippen LogP) is 0.230. The van der Waals surface area contributed by atoms with Crippen LogP contribution in [-0.4, -0.2) is 34.0 Å². The average Bonchev–Trinajstić information content (AvgIpc) is 2.85. The van der Waals surface area contributed by atoms with Gasteiger partial charge in [-0.15, -0.1) is 10.2 Å². The third-order valence-corrected chi connectivity index (χ3v) is 3.89. The van der Waals surface area contributed by atoms with Gasteiger partial charge in [-0.2, -0.15) is 0 Å². The molecule has 1 fully saturated rings. The van der Waals surface area contributed by atoms with Gasteiger partial charge < -0.3 is 15.0 Å². The minimum absolute atomic E-state index is 0.0303. The van der Waals surface area contributed by atoms with Crippen LogP contribution in [0, 0.1) is 0 Å². The largest absolute Gasteiger partial charge is 0.379 e. The fraction of sp³-hybridized carbons (Fsp3) is 0.818. The zero-order valence-corrected chi connectivity index (χ0v) is 9.65. The summed E-state index contributed by atoms with van der Waals surface area (Å²) < 4.78 is 7.73. The normalized spacial score (nSPS) is 34.0. The number of hydrogen-bond donors (Lipinski definition) is 1. The average molecular weight is 222 g/mol. The van der Waals surface area contributed by atoms with Crippen LogP contribution in [0.5, 0.6) is 0 Å². The molecule has 1 saturated heterocycles. The van der Waals surface area contributed by atoms with Crippen LogP contribution in [0.4, 0.5) is 0 Å². The number of hydrogen-bond acceptors (Lipinski definition) is 4. The van der Waals surface area contributed by atoms with Crippen LogP contribution in [0.2, 0.25) is 0 Å². The van der Waals surface area contributed by atoms with Crippen LogP contribution in [0.1, 0.15) is 31.4 Å². The highest BCUT2D eigenvalue weighted by molar-refractivity contribution is 5.16. The van der Waals surface area contributed by atoms with Gasteiger partial charge in [0.2, 0.25) is 0 Å². The number of rotatable bonds is 1. The first-order valence-corrected chi connectivity index (χ1v) is 5.98. The number of aryl methyl sites for hydroxylation is 1. The quantitative estimate of drug-likeness (QED) is 0.738. The van der Waals surface area contributed by atoms with E-state index in [0.717, 1.165) is 24.6 Å². The molecule has 2 aliphatic heterocycles. The zero-order valence-electron chi connectivity index (χ0n) is 9.65. The summed E-state index contributed by atoms with van der Waals surface area (Å²) in [6.07, 6.45) is 3.47. The van der Waals surface area contributed by atoms with Gasteiger partial charge in [-0.25, -0.2) is 0 Å². The standard InChI is InChI=1S/C11H18N4O/c1-11(7-16-6-8(11)12)10-14-13-9-4-2-3-5-15(9)10/h8H,2-7,12H2,1H3. The van der Waals surface area contributed by atoms with Crippen LogP contribution in [0.15, 0.2) is 0 Å². The summed E-state index contributed by atoms with van der Waals surface area (Å²) in [6.45, 7) is 4.45. The van der Waals surface area contributed by atoms with Crippen molar-refractivity contribution in [3.05, 3.63) is 11.6 Å². The van der Waals surface area contributed by atoms with Crippen molar-refractivity contribution in [3.8, 4) is 0 Å². The summed E-state index contributed by atoms with van der Waals surface area (Å²) in [6, 6.07) is 0.0303. The van der Waals surface area contributed by atoms with E-state index < -0.39 is 0 Å². The number of fused-ring (bicyclic) bond motifs is 1. The number of aromatic nitrogens is 3. The maximum Gasteiger partial charge on any atom is 0.142 e.